The number of carboxylic acids is 1. The van der Waals surface area contributed by atoms with Crippen molar-refractivity contribution < 1.29 is 14.3 Å². The van der Waals surface area contributed by atoms with Gasteiger partial charge in [0.2, 0.25) is 0 Å². The van der Waals surface area contributed by atoms with E-state index in [-0.39, 0.29) is 5.56 Å². The van der Waals surface area contributed by atoms with Crippen molar-refractivity contribution in [3.05, 3.63) is 63.9 Å². The number of aromatic carboxylic acids is 1. The van der Waals surface area contributed by atoms with Crippen molar-refractivity contribution in [1.82, 2.24) is 0 Å². The van der Waals surface area contributed by atoms with Crippen LogP contribution in [0.25, 0.3) is 0 Å². The van der Waals surface area contributed by atoms with E-state index in [1.165, 1.54) is 23.9 Å². The van der Waals surface area contributed by atoms with Gasteiger partial charge < -0.3 is 5.11 Å². The van der Waals surface area contributed by atoms with Crippen LogP contribution in [0.1, 0.15) is 15.9 Å². The Balaban J connectivity index is 2.10. The smallest absolute Gasteiger partial charge is 0.335 e. The number of carboxylic acid groups (broad SMARTS) is 1. The minimum atomic E-state index is -1.12. The molecule has 0 heterocycles. The quantitative estimate of drug-likeness (QED) is 0.827. The summed E-state index contributed by atoms with van der Waals surface area (Å²) in [6.45, 7) is 0. The summed E-state index contributed by atoms with van der Waals surface area (Å²) in [7, 11) is 0. The van der Waals surface area contributed by atoms with Crippen LogP contribution in [0.5, 0.6) is 0 Å². The lowest BCUT2D eigenvalue weighted by Gasteiger charge is -2.05. The molecule has 0 saturated carbocycles. The van der Waals surface area contributed by atoms with Crippen LogP contribution in [-0.2, 0) is 5.75 Å². The zero-order valence-electron chi connectivity index (χ0n) is 9.77. The van der Waals surface area contributed by atoms with Crippen LogP contribution >= 0.6 is 27.7 Å². The van der Waals surface area contributed by atoms with Crippen LogP contribution in [0.15, 0.2) is 51.8 Å². The lowest BCUT2D eigenvalue weighted by atomic mass is 10.1. The lowest BCUT2D eigenvalue weighted by Crippen LogP contribution is -1.98. The maximum Gasteiger partial charge on any atom is 0.335 e. The topological polar surface area (TPSA) is 37.3 Å². The molecule has 19 heavy (non-hydrogen) atoms. The van der Waals surface area contributed by atoms with E-state index < -0.39 is 11.8 Å². The molecule has 0 aliphatic heterocycles. The van der Waals surface area contributed by atoms with E-state index in [1.54, 1.807) is 0 Å². The molecule has 2 aromatic rings. The molecule has 5 heteroatoms. The molecule has 0 aromatic heterocycles. The number of halogens is 2. The highest BCUT2D eigenvalue weighted by molar-refractivity contribution is 9.10. The summed E-state index contributed by atoms with van der Waals surface area (Å²) < 4.78 is 14.7. The Morgan fingerprint density at radius 2 is 2.05 bits per heavy atom. The number of rotatable bonds is 4. The molecule has 0 amide bonds. The predicted molar refractivity (Wildman–Crippen MR) is 77.1 cm³/mol. The Labute approximate surface area is 122 Å². The van der Waals surface area contributed by atoms with Crippen molar-refractivity contribution in [2.45, 2.75) is 10.6 Å². The van der Waals surface area contributed by atoms with Crippen molar-refractivity contribution in [3.8, 4) is 0 Å². The first kappa shape index (κ1) is 14.1. The van der Waals surface area contributed by atoms with Gasteiger partial charge in [-0.05, 0) is 35.9 Å². The van der Waals surface area contributed by atoms with E-state index in [9.17, 15) is 9.18 Å². The normalized spacial score (nSPS) is 10.4. The molecular formula is C14H10BrFO2S. The third-order valence-corrected chi connectivity index (χ3v) is 4.03. The van der Waals surface area contributed by atoms with Gasteiger partial charge in [-0.3, -0.25) is 0 Å². The SMILES string of the molecule is O=C(O)c1ccc(CSc2cccc(Br)c2)c(F)c1. The highest BCUT2D eigenvalue weighted by atomic mass is 79.9. The van der Waals surface area contributed by atoms with Gasteiger partial charge in [-0.15, -0.1) is 11.8 Å². The summed E-state index contributed by atoms with van der Waals surface area (Å²) >= 11 is 4.87. The van der Waals surface area contributed by atoms with Gasteiger partial charge in [0.1, 0.15) is 5.82 Å². The first-order chi connectivity index (χ1) is 9.06. The molecule has 2 rings (SSSR count). The molecule has 0 unspecified atom stereocenters. The Hall–Kier alpha value is -1.33. The molecule has 0 aliphatic rings. The van der Waals surface area contributed by atoms with E-state index in [2.05, 4.69) is 15.9 Å². The Kier molecular flexibility index (Phi) is 4.61. The zero-order chi connectivity index (χ0) is 13.8. The average molecular weight is 341 g/mol. The van der Waals surface area contributed by atoms with Gasteiger partial charge in [-0.25, -0.2) is 9.18 Å². The van der Waals surface area contributed by atoms with Crippen molar-refractivity contribution >= 4 is 33.7 Å². The Morgan fingerprint density at radius 3 is 2.68 bits per heavy atom. The number of benzene rings is 2. The molecule has 0 saturated heterocycles. The van der Waals surface area contributed by atoms with Crippen molar-refractivity contribution in [2.24, 2.45) is 0 Å². The fourth-order valence-electron chi connectivity index (χ4n) is 1.52. The standard InChI is InChI=1S/C14H10BrFO2S/c15-11-2-1-3-12(7-11)19-8-10-5-4-9(14(17)18)6-13(10)16/h1-7H,8H2,(H,17,18). The number of hydrogen-bond donors (Lipinski definition) is 1. The molecular weight excluding hydrogens is 331 g/mol. The van der Waals surface area contributed by atoms with Crippen LogP contribution in [0.4, 0.5) is 4.39 Å². The first-order valence-corrected chi connectivity index (χ1v) is 7.24. The van der Waals surface area contributed by atoms with Gasteiger partial charge in [-0.2, -0.15) is 0 Å². The molecule has 0 spiro atoms. The molecule has 0 radical (unpaired) electrons. The third kappa shape index (κ3) is 3.81. The molecule has 0 aliphatic carbocycles. The second kappa shape index (κ2) is 6.21. The third-order valence-electron chi connectivity index (χ3n) is 2.49. The summed E-state index contributed by atoms with van der Waals surface area (Å²) in [4.78, 5) is 11.7. The van der Waals surface area contributed by atoms with Gasteiger partial charge >= 0.3 is 5.97 Å². The zero-order valence-corrected chi connectivity index (χ0v) is 12.2. The molecule has 0 bridgehead atoms. The largest absolute Gasteiger partial charge is 0.478 e. The second-order valence-corrected chi connectivity index (χ2v) is 5.82. The van der Waals surface area contributed by atoms with Crippen molar-refractivity contribution in [1.29, 1.82) is 0 Å². The predicted octanol–water partition coefficient (Wildman–Crippen LogP) is 4.58. The van der Waals surface area contributed by atoms with Crippen molar-refractivity contribution in [2.75, 3.05) is 0 Å². The fourth-order valence-corrected chi connectivity index (χ4v) is 3.01. The van der Waals surface area contributed by atoms with Crippen LogP contribution in [0.2, 0.25) is 0 Å². The number of thioether (sulfide) groups is 1. The maximum absolute atomic E-state index is 13.7. The summed E-state index contributed by atoms with van der Waals surface area (Å²) in [5.74, 6) is -1.14. The summed E-state index contributed by atoms with van der Waals surface area (Å²) in [5, 5.41) is 8.76. The monoisotopic (exact) mass is 340 g/mol. The second-order valence-electron chi connectivity index (χ2n) is 3.86. The fraction of sp³-hybridized carbons (Fsp3) is 0.0714. The number of carbonyl (C=O) groups is 1. The van der Waals surface area contributed by atoms with Gasteiger partial charge in [0.25, 0.3) is 0 Å². The minimum absolute atomic E-state index is 0.0336. The summed E-state index contributed by atoms with van der Waals surface area (Å²) in [5.41, 5.74) is 0.462. The molecule has 2 aromatic carbocycles. The number of hydrogen-bond acceptors (Lipinski definition) is 2. The van der Waals surface area contributed by atoms with Crippen LogP contribution in [-0.4, -0.2) is 11.1 Å². The maximum atomic E-state index is 13.7. The van der Waals surface area contributed by atoms with Crippen LogP contribution < -0.4 is 0 Å². The molecule has 0 fully saturated rings. The molecule has 2 nitrogen and oxygen atoms in total. The van der Waals surface area contributed by atoms with E-state index in [1.807, 2.05) is 24.3 Å². The van der Waals surface area contributed by atoms with E-state index in [0.717, 1.165) is 15.4 Å². The van der Waals surface area contributed by atoms with E-state index in [4.69, 9.17) is 5.11 Å². The summed E-state index contributed by atoms with van der Waals surface area (Å²) in [6, 6.07) is 11.7. The Morgan fingerprint density at radius 1 is 1.26 bits per heavy atom. The highest BCUT2D eigenvalue weighted by Gasteiger charge is 2.08. The van der Waals surface area contributed by atoms with Gasteiger partial charge in [0, 0.05) is 15.1 Å². The van der Waals surface area contributed by atoms with Crippen LogP contribution in [0.3, 0.4) is 0 Å². The molecule has 1 N–H and O–H groups in total. The Bertz CT molecular complexity index is 616. The average Bonchev–Trinajstić information content (AvgIpc) is 2.37. The van der Waals surface area contributed by atoms with Gasteiger partial charge in [0.15, 0.2) is 0 Å². The minimum Gasteiger partial charge on any atom is -0.478 e. The molecule has 98 valence electrons. The lowest BCUT2D eigenvalue weighted by molar-refractivity contribution is 0.0696. The molecule has 0 atom stereocenters. The first-order valence-electron chi connectivity index (χ1n) is 5.46. The highest BCUT2D eigenvalue weighted by Crippen LogP contribution is 2.26. The van der Waals surface area contributed by atoms with Crippen LogP contribution in [0, 0.1) is 5.82 Å². The van der Waals surface area contributed by atoms with E-state index >= 15 is 0 Å². The van der Waals surface area contributed by atoms with E-state index in [0.29, 0.717) is 11.3 Å². The van der Waals surface area contributed by atoms with Gasteiger partial charge in [0.05, 0.1) is 5.56 Å². The van der Waals surface area contributed by atoms with Gasteiger partial charge in [-0.1, -0.05) is 28.1 Å². The summed E-state index contributed by atoms with van der Waals surface area (Å²) in [6.07, 6.45) is 0. The van der Waals surface area contributed by atoms with Crippen molar-refractivity contribution in [3.63, 3.8) is 0 Å².